The number of rotatable bonds is 12. The standard InChI is InChI=1S/C27H39N7O6/c1-6-32(7-2)25-28-18-22(34(8-3)26(37)31(4)39-5)23(30-25)29-21(24(35)36)17-19-11-13-20(14-12-19)40-27(38)33-15-9-10-16-33/h11-14,18,21H,6-10,15-17H2,1-5H3,(H,35,36)(H,28,29,30)/t21-/m0/s1. The molecule has 0 radical (unpaired) electrons. The number of likely N-dealkylation sites (tertiary alicyclic amines) is 1. The first kappa shape index (κ1) is 30.4. The predicted octanol–water partition coefficient (Wildman–Crippen LogP) is 3.46. The van der Waals surface area contributed by atoms with Crippen LogP contribution in [0.2, 0.25) is 0 Å². The molecule has 1 aliphatic rings. The van der Waals surface area contributed by atoms with Gasteiger partial charge in [-0.15, -0.1) is 0 Å². The van der Waals surface area contributed by atoms with Gasteiger partial charge in [0, 0.05) is 46.2 Å². The highest BCUT2D eigenvalue weighted by Crippen LogP contribution is 2.28. The molecule has 2 heterocycles. The third-order valence-corrected chi connectivity index (χ3v) is 6.73. The summed E-state index contributed by atoms with van der Waals surface area (Å²) < 4.78 is 5.45. The van der Waals surface area contributed by atoms with Gasteiger partial charge in [0.1, 0.15) is 17.5 Å². The molecule has 0 bridgehead atoms. The molecule has 3 rings (SSSR count). The van der Waals surface area contributed by atoms with Gasteiger partial charge < -0.3 is 25.0 Å². The molecule has 13 heteroatoms. The lowest BCUT2D eigenvalue weighted by Crippen LogP contribution is -2.42. The zero-order valence-electron chi connectivity index (χ0n) is 23.8. The maximum absolute atomic E-state index is 13.0. The van der Waals surface area contributed by atoms with E-state index in [0.29, 0.717) is 49.1 Å². The number of nitrogens with one attached hydrogen (secondary N) is 1. The van der Waals surface area contributed by atoms with Crippen molar-refractivity contribution >= 4 is 35.5 Å². The topological polar surface area (TPSA) is 141 Å². The Morgan fingerprint density at radius 3 is 2.27 bits per heavy atom. The van der Waals surface area contributed by atoms with Crippen LogP contribution in [0.15, 0.2) is 30.5 Å². The van der Waals surface area contributed by atoms with Gasteiger partial charge in [-0.3, -0.25) is 9.74 Å². The van der Waals surface area contributed by atoms with Crippen LogP contribution in [-0.2, 0) is 16.1 Å². The minimum Gasteiger partial charge on any atom is -0.480 e. The Balaban J connectivity index is 1.86. The predicted molar refractivity (Wildman–Crippen MR) is 151 cm³/mol. The van der Waals surface area contributed by atoms with Crippen LogP contribution in [0.25, 0.3) is 0 Å². The number of aliphatic carboxylic acids is 1. The van der Waals surface area contributed by atoms with Crippen LogP contribution in [0.5, 0.6) is 5.75 Å². The fraction of sp³-hybridized carbons (Fsp3) is 0.519. The summed E-state index contributed by atoms with van der Waals surface area (Å²) in [5, 5.41) is 14.2. The second-order valence-corrected chi connectivity index (χ2v) is 9.23. The van der Waals surface area contributed by atoms with E-state index in [2.05, 4.69) is 15.3 Å². The minimum absolute atomic E-state index is 0.109. The molecular formula is C27H39N7O6. The van der Waals surface area contributed by atoms with Crippen LogP contribution >= 0.6 is 0 Å². The van der Waals surface area contributed by atoms with E-state index in [0.717, 1.165) is 17.9 Å². The van der Waals surface area contributed by atoms with Crippen LogP contribution < -0.4 is 19.9 Å². The van der Waals surface area contributed by atoms with Crippen molar-refractivity contribution in [2.24, 2.45) is 0 Å². The highest BCUT2D eigenvalue weighted by atomic mass is 16.7. The Bertz CT molecular complexity index is 1150. The number of carbonyl (C=O) groups is 3. The number of aromatic nitrogens is 2. The number of carboxylic acids is 1. The molecule has 1 atom stereocenters. The zero-order chi connectivity index (χ0) is 29.2. The Morgan fingerprint density at radius 2 is 1.73 bits per heavy atom. The largest absolute Gasteiger partial charge is 0.480 e. The monoisotopic (exact) mass is 557 g/mol. The van der Waals surface area contributed by atoms with E-state index >= 15 is 0 Å². The van der Waals surface area contributed by atoms with Crippen molar-refractivity contribution in [2.45, 2.75) is 46.1 Å². The average Bonchev–Trinajstić information content (AvgIpc) is 3.50. The molecule has 2 N–H and O–H groups in total. The van der Waals surface area contributed by atoms with Gasteiger partial charge in [0.15, 0.2) is 5.82 Å². The number of ether oxygens (including phenoxy) is 1. The number of anilines is 3. The third-order valence-electron chi connectivity index (χ3n) is 6.73. The summed E-state index contributed by atoms with van der Waals surface area (Å²) in [6.45, 7) is 8.66. The Labute approximate surface area is 234 Å². The van der Waals surface area contributed by atoms with Gasteiger partial charge in [0.25, 0.3) is 0 Å². The van der Waals surface area contributed by atoms with Crippen molar-refractivity contribution in [2.75, 3.05) is 62.0 Å². The van der Waals surface area contributed by atoms with E-state index in [1.807, 2.05) is 18.7 Å². The summed E-state index contributed by atoms with van der Waals surface area (Å²) in [5.74, 6) is -0.0861. The van der Waals surface area contributed by atoms with Gasteiger partial charge in [-0.2, -0.15) is 4.98 Å². The number of amides is 3. The molecule has 2 aromatic rings. The second-order valence-electron chi connectivity index (χ2n) is 9.23. The quantitative estimate of drug-likeness (QED) is 0.373. The van der Waals surface area contributed by atoms with Crippen molar-refractivity contribution in [1.29, 1.82) is 0 Å². The molecule has 1 aromatic heterocycles. The van der Waals surface area contributed by atoms with Gasteiger partial charge in [0.05, 0.1) is 13.3 Å². The molecule has 0 unspecified atom stereocenters. The van der Waals surface area contributed by atoms with Gasteiger partial charge in [-0.25, -0.2) is 24.4 Å². The van der Waals surface area contributed by atoms with Crippen LogP contribution in [0.1, 0.15) is 39.2 Å². The van der Waals surface area contributed by atoms with Crippen molar-refractivity contribution in [3.05, 3.63) is 36.0 Å². The Hall–Kier alpha value is -4.13. The minimum atomic E-state index is -1.10. The van der Waals surface area contributed by atoms with E-state index in [1.54, 1.807) is 36.1 Å². The molecular weight excluding hydrogens is 518 g/mol. The first-order valence-corrected chi connectivity index (χ1v) is 13.5. The summed E-state index contributed by atoms with van der Waals surface area (Å²) in [4.78, 5) is 56.7. The normalized spacial score (nSPS) is 13.5. The SMILES string of the molecule is CCN(CC)c1ncc(N(CC)C(=O)N(C)OC)c(N[C@@H](Cc2ccc(OC(=O)N3CCCC3)cc2)C(=O)O)n1. The number of carbonyl (C=O) groups excluding carboxylic acids is 2. The van der Waals surface area contributed by atoms with E-state index in [-0.39, 0.29) is 24.9 Å². The number of urea groups is 1. The number of hydrogen-bond acceptors (Lipinski definition) is 9. The molecule has 1 fully saturated rings. The molecule has 13 nitrogen and oxygen atoms in total. The van der Waals surface area contributed by atoms with Crippen LogP contribution in [0, 0.1) is 0 Å². The fourth-order valence-electron chi connectivity index (χ4n) is 4.34. The molecule has 1 saturated heterocycles. The average molecular weight is 558 g/mol. The summed E-state index contributed by atoms with van der Waals surface area (Å²) in [5.41, 5.74) is 1.03. The van der Waals surface area contributed by atoms with Gasteiger partial charge in [-0.1, -0.05) is 12.1 Å². The second kappa shape index (κ2) is 14.3. The Kier molecular flexibility index (Phi) is 10.9. The summed E-state index contributed by atoms with van der Waals surface area (Å²) in [6.07, 6.45) is 3.17. The number of hydroxylamine groups is 2. The summed E-state index contributed by atoms with van der Waals surface area (Å²) in [7, 11) is 2.86. The first-order chi connectivity index (χ1) is 19.2. The van der Waals surface area contributed by atoms with Gasteiger partial charge >= 0.3 is 18.1 Å². The lowest BCUT2D eigenvalue weighted by Gasteiger charge is -2.29. The number of carboxylic acid groups (broad SMARTS) is 1. The summed E-state index contributed by atoms with van der Waals surface area (Å²) >= 11 is 0. The molecule has 218 valence electrons. The highest BCUT2D eigenvalue weighted by molar-refractivity contribution is 5.94. The van der Waals surface area contributed by atoms with Crippen molar-refractivity contribution in [3.8, 4) is 5.75 Å². The van der Waals surface area contributed by atoms with Gasteiger partial charge in [-0.05, 0) is 51.3 Å². The fourth-order valence-corrected chi connectivity index (χ4v) is 4.34. The van der Waals surface area contributed by atoms with Gasteiger partial charge in [0.2, 0.25) is 5.95 Å². The highest BCUT2D eigenvalue weighted by Gasteiger charge is 2.27. The van der Waals surface area contributed by atoms with E-state index in [9.17, 15) is 19.5 Å². The van der Waals surface area contributed by atoms with Crippen LogP contribution in [-0.4, -0.2) is 96.1 Å². The molecule has 1 aliphatic heterocycles. The molecule has 0 aliphatic carbocycles. The number of hydrogen-bond donors (Lipinski definition) is 2. The molecule has 40 heavy (non-hydrogen) atoms. The van der Waals surface area contributed by atoms with Crippen LogP contribution in [0.3, 0.4) is 0 Å². The molecule has 1 aromatic carbocycles. The first-order valence-electron chi connectivity index (χ1n) is 13.5. The smallest absolute Gasteiger partial charge is 0.415 e. The number of benzene rings is 1. The third kappa shape index (κ3) is 7.50. The van der Waals surface area contributed by atoms with Crippen molar-refractivity contribution in [1.82, 2.24) is 19.9 Å². The summed E-state index contributed by atoms with van der Waals surface area (Å²) in [6, 6.07) is 5.20. The molecule has 3 amide bonds. The van der Waals surface area contributed by atoms with Crippen molar-refractivity contribution < 1.29 is 29.1 Å². The van der Waals surface area contributed by atoms with Crippen molar-refractivity contribution in [3.63, 3.8) is 0 Å². The molecule has 0 spiro atoms. The lowest BCUT2D eigenvalue weighted by molar-refractivity contribution is -0.137. The van der Waals surface area contributed by atoms with E-state index in [4.69, 9.17) is 9.57 Å². The number of nitrogens with zero attached hydrogens (tertiary/aromatic N) is 6. The zero-order valence-corrected chi connectivity index (χ0v) is 23.8. The molecule has 0 saturated carbocycles. The van der Waals surface area contributed by atoms with Crippen LogP contribution in [0.4, 0.5) is 27.0 Å². The Morgan fingerprint density at radius 1 is 1.07 bits per heavy atom. The maximum atomic E-state index is 13.0. The lowest BCUT2D eigenvalue weighted by atomic mass is 10.1. The maximum Gasteiger partial charge on any atom is 0.415 e. The van der Waals surface area contributed by atoms with E-state index in [1.165, 1.54) is 25.3 Å². The van der Waals surface area contributed by atoms with E-state index < -0.39 is 18.0 Å².